The molecule has 2 heterocycles. The van der Waals surface area contributed by atoms with E-state index < -0.39 is 9.92 Å². The Balaban J connectivity index is 1.83. The predicted molar refractivity (Wildman–Crippen MR) is 101 cm³/mol. The molecular weight excluding hydrogens is 374 g/mol. The molecule has 0 aliphatic heterocycles. The highest BCUT2D eigenvalue weighted by Gasteiger charge is 2.13. The van der Waals surface area contributed by atoms with E-state index >= 15 is 0 Å². The summed E-state index contributed by atoms with van der Waals surface area (Å²) in [6.07, 6.45) is 3.18. The first kappa shape index (κ1) is 18.1. The van der Waals surface area contributed by atoms with Crippen molar-refractivity contribution in [2.75, 3.05) is 5.32 Å². The molecule has 3 rings (SSSR count). The fraction of sp³-hybridized carbons (Fsp3) is 0.188. The van der Waals surface area contributed by atoms with E-state index in [1.54, 1.807) is 35.1 Å². The van der Waals surface area contributed by atoms with Crippen LogP contribution in [-0.4, -0.2) is 19.0 Å². The highest BCUT2D eigenvalue weighted by molar-refractivity contribution is 7.91. The lowest BCUT2D eigenvalue weighted by Crippen LogP contribution is -2.12. The number of nitrogens with one attached hydrogen (secondary N) is 1. The van der Waals surface area contributed by atoms with E-state index in [-0.39, 0.29) is 0 Å². The van der Waals surface area contributed by atoms with Gasteiger partial charge in [-0.05, 0) is 30.7 Å². The summed E-state index contributed by atoms with van der Waals surface area (Å²) in [7, 11) is -3.17. The lowest BCUT2D eigenvalue weighted by molar-refractivity contribution is 0.677. The number of hydrogen-bond acceptors (Lipinski definition) is 6. The first-order valence-electron chi connectivity index (χ1n) is 7.73. The number of anilines is 1. The maximum Gasteiger partial charge on any atom is 0.216 e. The minimum Gasteiger partial charge on any atom is -0.380 e. The van der Waals surface area contributed by atoms with Crippen molar-refractivity contribution in [3.63, 3.8) is 0 Å². The van der Waals surface area contributed by atoms with Crippen LogP contribution >= 0.6 is 11.6 Å². The Kier molecular flexibility index (Phi) is 5.08. The van der Waals surface area contributed by atoms with Gasteiger partial charge in [-0.1, -0.05) is 23.7 Å². The first-order valence-corrected chi connectivity index (χ1v) is 9.68. The van der Waals surface area contributed by atoms with Crippen LogP contribution in [0.15, 0.2) is 45.8 Å². The molecule has 0 radical (unpaired) electrons. The van der Waals surface area contributed by atoms with Gasteiger partial charge in [0.05, 0.1) is 16.0 Å². The standard InChI is InChI=1S/C16H16ClN7OS/c1-2-24-16-14(15(17)23-24)13(7-8-20-16)21-9-11-3-5-12(6-4-11)26(19,25)22-10-18/h3-8H,2,9H2,1H3,(H,20,21)(H2,19,22,25). The van der Waals surface area contributed by atoms with Crippen LogP contribution in [0.1, 0.15) is 12.5 Å². The number of fused-ring (bicyclic) bond motifs is 1. The van der Waals surface area contributed by atoms with Crippen molar-refractivity contribution in [1.29, 1.82) is 5.26 Å². The van der Waals surface area contributed by atoms with Crippen LogP contribution in [0.3, 0.4) is 0 Å². The Morgan fingerprint density at radius 1 is 1.38 bits per heavy atom. The number of halogens is 1. The van der Waals surface area contributed by atoms with Crippen molar-refractivity contribution >= 4 is 38.2 Å². The summed E-state index contributed by atoms with van der Waals surface area (Å²) >= 11 is 6.25. The summed E-state index contributed by atoms with van der Waals surface area (Å²) < 4.78 is 17.0. The summed E-state index contributed by atoms with van der Waals surface area (Å²) in [6, 6.07) is 8.59. The van der Waals surface area contributed by atoms with Gasteiger partial charge in [-0.2, -0.15) is 10.4 Å². The van der Waals surface area contributed by atoms with E-state index in [9.17, 15) is 4.21 Å². The van der Waals surface area contributed by atoms with E-state index in [0.29, 0.717) is 23.1 Å². The van der Waals surface area contributed by atoms with Crippen LogP contribution < -0.4 is 10.5 Å². The van der Waals surface area contributed by atoms with Crippen LogP contribution in [0, 0.1) is 11.5 Å². The topological polar surface area (TPSA) is 122 Å². The van der Waals surface area contributed by atoms with Crippen molar-refractivity contribution in [2.45, 2.75) is 24.9 Å². The fourth-order valence-corrected chi connectivity index (χ4v) is 3.56. The number of benzene rings is 1. The van der Waals surface area contributed by atoms with E-state index in [4.69, 9.17) is 22.0 Å². The van der Waals surface area contributed by atoms with Crippen LogP contribution in [0.25, 0.3) is 11.0 Å². The van der Waals surface area contributed by atoms with Gasteiger partial charge in [0.25, 0.3) is 0 Å². The largest absolute Gasteiger partial charge is 0.380 e. The summed E-state index contributed by atoms with van der Waals surface area (Å²) in [5.41, 5.74) is 2.48. The number of nitrogens with zero attached hydrogens (tertiary/aromatic N) is 5. The molecule has 0 saturated carbocycles. The molecular formula is C16H16ClN7OS. The zero-order valence-corrected chi connectivity index (χ0v) is 15.5. The zero-order chi connectivity index (χ0) is 18.7. The summed E-state index contributed by atoms with van der Waals surface area (Å²) in [5.74, 6) is 0. The lowest BCUT2D eigenvalue weighted by atomic mass is 10.2. The quantitative estimate of drug-likeness (QED) is 0.649. The van der Waals surface area contributed by atoms with Gasteiger partial charge in [0.2, 0.25) is 6.19 Å². The Bertz CT molecular complexity index is 1110. The molecule has 1 unspecified atom stereocenters. The third-order valence-electron chi connectivity index (χ3n) is 3.81. The molecule has 1 aromatic carbocycles. The number of aryl methyl sites for hydroxylation is 1. The predicted octanol–water partition coefficient (Wildman–Crippen LogP) is 2.90. The lowest BCUT2D eigenvalue weighted by Gasteiger charge is -2.09. The highest BCUT2D eigenvalue weighted by Crippen LogP contribution is 2.29. The van der Waals surface area contributed by atoms with Crippen molar-refractivity contribution in [1.82, 2.24) is 14.8 Å². The van der Waals surface area contributed by atoms with E-state index in [1.165, 1.54) is 6.19 Å². The normalized spacial score (nSPS) is 13.2. The Labute approximate surface area is 155 Å². The smallest absolute Gasteiger partial charge is 0.216 e. The average Bonchev–Trinajstić information content (AvgIpc) is 2.97. The van der Waals surface area contributed by atoms with Gasteiger partial charge >= 0.3 is 0 Å². The van der Waals surface area contributed by atoms with Gasteiger partial charge in [-0.15, -0.1) is 4.36 Å². The third-order valence-corrected chi connectivity index (χ3v) is 5.38. The Morgan fingerprint density at radius 2 is 2.12 bits per heavy atom. The van der Waals surface area contributed by atoms with Crippen molar-refractivity contribution in [3.8, 4) is 6.19 Å². The molecule has 1 atom stereocenters. The summed E-state index contributed by atoms with van der Waals surface area (Å²) in [4.78, 5) is 4.64. The van der Waals surface area contributed by atoms with Crippen LogP contribution in [0.2, 0.25) is 5.15 Å². The molecule has 0 saturated heterocycles. The number of hydrogen-bond donors (Lipinski definition) is 2. The van der Waals surface area contributed by atoms with E-state index in [0.717, 1.165) is 22.3 Å². The molecule has 26 heavy (non-hydrogen) atoms. The van der Waals surface area contributed by atoms with Gasteiger partial charge in [-0.3, -0.25) is 0 Å². The Hall–Kier alpha value is -2.67. The third kappa shape index (κ3) is 3.48. The number of aromatic nitrogens is 3. The van der Waals surface area contributed by atoms with Crippen LogP contribution in [0.4, 0.5) is 5.69 Å². The monoisotopic (exact) mass is 389 g/mol. The number of nitriles is 1. The molecule has 0 amide bonds. The molecule has 8 nitrogen and oxygen atoms in total. The molecule has 134 valence electrons. The summed E-state index contributed by atoms with van der Waals surface area (Å²) in [6.45, 7) is 3.15. The Morgan fingerprint density at radius 3 is 2.77 bits per heavy atom. The number of pyridine rings is 1. The molecule has 0 aliphatic carbocycles. The first-order chi connectivity index (χ1) is 12.5. The minimum atomic E-state index is -3.17. The van der Waals surface area contributed by atoms with Crippen molar-refractivity contribution < 1.29 is 4.21 Å². The van der Waals surface area contributed by atoms with Gasteiger partial charge in [-0.25, -0.2) is 19.0 Å². The van der Waals surface area contributed by atoms with Crippen molar-refractivity contribution in [2.24, 2.45) is 9.50 Å². The SMILES string of the molecule is CCn1nc(Cl)c2c(NCc3ccc(S(N)(=O)=NC#N)cc3)ccnc21. The molecule has 0 spiro atoms. The van der Waals surface area contributed by atoms with Gasteiger partial charge in [0.15, 0.2) is 10.8 Å². The number of rotatable bonds is 5. The molecule has 0 bridgehead atoms. The van der Waals surface area contributed by atoms with Gasteiger partial charge < -0.3 is 5.32 Å². The van der Waals surface area contributed by atoms with Crippen molar-refractivity contribution in [3.05, 3.63) is 47.2 Å². The molecule has 2 aromatic heterocycles. The molecule has 0 aliphatic rings. The number of nitrogens with two attached hydrogens (primary N) is 1. The second-order valence-electron chi connectivity index (χ2n) is 5.42. The van der Waals surface area contributed by atoms with Crippen LogP contribution in [0.5, 0.6) is 0 Å². The maximum atomic E-state index is 12.0. The molecule has 3 N–H and O–H groups in total. The highest BCUT2D eigenvalue weighted by atomic mass is 35.5. The molecule has 0 fully saturated rings. The molecule has 3 aromatic rings. The van der Waals surface area contributed by atoms with E-state index in [2.05, 4.69) is 19.8 Å². The summed E-state index contributed by atoms with van der Waals surface area (Å²) in [5, 5.41) is 22.9. The second kappa shape index (κ2) is 7.29. The van der Waals surface area contributed by atoms with Crippen LogP contribution in [-0.2, 0) is 23.0 Å². The maximum absolute atomic E-state index is 12.0. The van der Waals surface area contributed by atoms with E-state index in [1.807, 2.05) is 13.0 Å². The second-order valence-corrected chi connectivity index (χ2v) is 7.57. The average molecular weight is 390 g/mol. The minimum absolute atomic E-state index is 0.307. The van der Waals surface area contributed by atoms with Gasteiger partial charge in [0, 0.05) is 19.3 Å². The fourth-order valence-electron chi connectivity index (χ4n) is 2.53. The molecule has 10 heteroatoms. The van der Waals surface area contributed by atoms with Gasteiger partial charge in [0.1, 0.15) is 9.92 Å². The zero-order valence-electron chi connectivity index (χ0n) is 13.9.